The van der Waals surface area contributed by atoms with Gasteiger partial charge in [0.25, 0.3) is 0 Å². The summed E-state index contributed by atoms with van der Waals surface area (Å²) in [6, 6.07) is -0.543. The molecule has 0 saturated carbocycles. The highest BCUT2D eigenvalue weighted by atomic mass is 79.9. The smallest absolute Gasteiger partial charge is 0.352 e. The van der Waals surface area contributed by atoms with Gasteiger partial charge in [-0.05, 0) is 6.08 Å². The number of hydrogen-bond donors (Lipinski definition) is 2. The molecule has 2 rings (SSSR count). The van der Waals surface area contributed by atoms with Crippen molar-refractivity contribution in [3.8, 4) is 0 Å². The van der Waals surface area contributed by atoms with Gasteiger partial charge in [0, 0.05) is 12.3 Å². The summed E-state index contributed by atoms with van der Waals surface area (Å²) in [4.78, 5) is 40.7. The van der Waals surface area contributed by atoms with Crippen LogP contribution in [0, 0.1) is 0 Å². The number of carboxylic acid groups (broad SMARTS) is 1. The van der Waals surface area contributed by atoms with E-state index in [1.165, 1.54) is 29.8 Å². The van der Waals surface area contributed by atoms with Gasteiger partial charge < -0.3 is 9.94 Å². The maximum atomic E-state index is 12.1. The highest BCUT2D eigenvalue weighted by molar-refractivity contribution is 9.09. The molecule has 0 aliphatic carbocycles. The molecule has 0 aromatic heterocycles. The lowest BCUT2D eigenvalue weighted by atomic mass is 10.0. The van der Waals surface area contributed by atoms with E-state index in [0.29, 0.717) is 5.75 Å². The zero-order valence-electron chi connectivity index (χ0n) is 11.6. The van der Waals surface area contributed by atoms with E-state index in [1.807, 2.05) is 0 Å². The SMILES string of the molecule is CON=C(CNC1C(=O)N2C(C(=O)O)=CCS[C@@H]12)C(=O)CBr. The number of ketones is 1. The van der Waals surface area contributed by atoms with E-state index in [4.69, 9.17) is 5.11 Å². The summed E-state index contributed by atoms with van der Waals surface area (Å²) in [5.41, 5.74) is 0.176. The molecule has 1 amide bonds. The van der Waals surface area contributed by atoms with Gasteiger partial charge in [0.2, 0.25) is 5.91 Å². The van der Waals surface area contributed by atoms with Crippen molar-refractivity contribution >= 4 is 51.1 Å². The third-order valence-electron chi connectivity index (χ3n) is 3.20. The van der Waals surface area contributed by atoms with Crippen molar-refractivity contribution in [3.63, 3.8) is 0 Å². The van der Waals surface area contributed by atoms with Gasteiger partial charge in [-0.2, -0.15) is 0 Å². The van der Waals surface area contributed by atoms with Gasteiger partial charge in [0.15, 0.2) is 5.78 Å². The predicted octanol–water partition coefficient (Wildman–Crippen LogP) is -0.205. The van der Waals surface area contributed by atoms with E-state index >= 15 is 0 Å². The molecule has 0 spiro atoms. The molecule has 2 heterocycles. The van der Waals surface area contributed by atoms with Crippen LogP contribution in [0.5, 0.6) is 0 Å². The van der Waals surface area contributed by atoms with Crippen LogP contribution < -0.4 is 5.32 Å². The minimum atomic E-state index is -1.12. The van der Waals surface area contributed by atoms with Crippen LogP contribution in [0.3, 0.4) is 0 Å². The number of aliphatic carboxylic acids is 1. The van der Waals surface area contributed by atoms with Gasteiger partial charge >= 0.3 is 5.97 Å². The maximum absolute atomic E-state index is 12.1. The second kappa shape index (κ2) is 7.25. The van der Waals surface area contributed by atoms with Crippen molar-refractivity contribution < 1.29 is 24.3 Å². The number of hydrogen-bond acceptors (Lipinski definition) is 7. The molecule has 2 atom stereocenters. The summed E-state index contributed by atoms with van der Waals surface area (Å²) in [7, 11) is 1.33. The molecule has 1 saturated heterocycles. The number of nitrogens with one attached hydrogen (secondary N) is 1. The first kappa shape index (κ1) is 17.0. The lowest BCUT2D eigenvalue weighted by Crippen LogP contribution is -2.70. The second-order valence-electron chi connectivity index (χ2n) is 4.46. The van der Waals surface area contributed by atoms with Crippen molar-refractivity contribution in [2.75, 3.05) is 24.7 Å². The number of fused-ring (bicyclic) bond motifs is 1. The summed E-state index contributed by atoms with van der Waals surface area (Å²) < 4.78 is 0. The first-order valence-corrected chi connectivity index (χ1v) is 8.49. The van der Waals surface area contributed by atoms with Crippen LogP contribution in [0.25, 0.3) is 0 Å². The molecule has 2 aliphatic rings. The zero-order chi connectivity index (χ0) is 16.3. The van der Waals surface area contributed by atoms with Gasteiger partial charge in [0.1, 0.15) is 29.9 Å². The summed E-state index contributed by atoms with van der Waals surface area (Å²) in [5, 5.41) is 15.5. The highest BCUT2D eigenvalue weighted by Crippen LogP contribution is 2.37. The fraction of sp³-hybridized carbons (Fsp3) is 0.500. The third kappa shape index (κ3) is 3.18. The van der Waals surface area contributed by atoms with Gasteiger partial charge in [0.05, 0.1) is 5.33 Å². The largest absolute Gasteiger partial charge is 0.477 e. The number of amides is 1. The predicted molar refractivity (Wildman–Crippen MR) is 83.8 cm³/mol. The quantitative estimate of drug-likeness (QED) is 0.267. The van der Waals surface area contributed by atoms with Crippen LogP contribution in [-0.4, -0.2) is 69.5 Å². The van der Waals surface area contributed by atoms with E-state index in [9.17, 15) is 14.4 Å². The number of carbonyl (C=O) groups is 3. The molecule has 2 N–H and O–H groups in total. The fourth-order valence-electron chi connectivity index (χ4n) is 2.17. The molecular weight excluding hydrogens is 378 g/mol. The number of thioether (sulfide) groups is 1. The van der Waals surface area contributed by atoms with E-state index in [-0.39, 0.29) is 40.3 Å². The Morgan fingerprint density at radius 1 is 1.64 bits per heavy atom. The topological polar surface area (TPSA) is 108 Å². The fourth-order valence-corrected chi connectivity index (χ4v) is 3.72. The molecule has 0 aromatic rings. The monoisotopic (exact) mass is 391 g/mol. The van der Waals surface area contributed by atoms with Crippen molar-refractivity contribution in [1.82, 2.24) is 10.2 Å². The molecule has 22 heavy (non-hydrogen) atoms. The Hall–Kier alpha value is -1.39. The Bertz CT molecular complexity index is 565. The molecule has 0 aromatic carbocycles. The van der Waals surface area contributed by atoms with E-state index < -0.39 is 12.0 Å². The van der Waals surface area contributed by atoms with Crippen LogP contribution in [0.2, 0.25) is 0 Å². The van der Waals surface area contributed by atoms with Crippen molar-refractivity contribution in [2.45, 2.75) is 11.4 Å². The first-order chi connectivity index (χ1) is 10.5. The maximum Gasteiger partial charge on any atom is 0.352 e. The summed E-state index contributed by atoms with van der Waals surface area (Å²) >= 11 is 4.51. The number of nitrogens with zero attached hydrogens (tertiary/aromatic N) is 2. The third-order valence-corrected chi connectivity index (χ3v) is 4.89. The number of carboxylic acids is 1. The number of halogens is 1. The number of carbonyl (C=O) groups excluding carboxylic acids is 2. The number of alkyl halides is 1. The van der Waals surface area contributed by atoms with Crippen LogP contribution >= 0.6 is 27.7 Å². The molecule has 2 aliphatic heterocycles. The minimum absolute atomic E-state index is 0.00844. The highest BCUT2D eigenvalue weighted by Gasteiger charge is 2.51. The molecule has 1 unspecified atom stereocenters. The molecule has 0 radical (unpaired) electrons. The zero-order valence-corrected chi connectivity index (χ0v) is 14.0. The molecule has 0 bridgehead atoms. The molecular formula is C12H14BrN3O5S. The summed E-state index contributed by atoms with van der Waals surface area (Å²) in [6.07, 6.45) is 1.52. The van der Waals surface area contributed by atoms with Crippen molar-refractivity contribution in [1.29, 1.82) is 0 Å². The molecule has 10 heteroatoms. The molecule has 120 valence electrons. The standard InChI is InChI=1S/C12H14BrN3O5S/c1-21-15-6(8(17)4-13)5-14-9-10(18)16-7(12(19)20)2-3-22-11(9)16/h2,9,11,14H,3-5H2,1H3,(H,19,20)/t9?,11-/m0/s1. The van der Waals surface area contributed by atoms with Gasteiger partial charge in [-0.1, -0.05) is 21.1 Å². The van der Waals surface area contributed by atoms with Crippen LogP contribution in [0.15, 0.2) is 16.9 Å². The Kier molecular flexibility index (Phi) is 5.59. The normalized spacial score (nSPS) is 24.3. The molecule has 8 nitrogen and oxygen atoms in total. The Morgan fingerprint density at radius 3 is 2.95 bits per heavy atom. The van der Waals surface area contributed by atoms with Gasteiger partial charge in [-0.3, -0.25) is 19.8 Å². The lowest BCUT2D eigenvalue weighted by Gasteiger charge is -2.48. The average molecular weight is 392 g/mol. The van der Waals surface area contributed by atoms with Gasteiger partial charge in [-0.15, -0.1) is 11.8 Å². The number of β-lactam (4-membered cyclic amide) rings is 1. The average Bonchev–Trinajstić information content (AvgIpc) is 2.52. The van der Waals surface area contributed by atoms with Crippen molar-refractivity contribution in [3.05, 3.63) is 11.8 Å². The Labute approximate surface area is 139 Å². The number of rotatable bonds is 7. The number of oxime groups is 1. The Balaban J connectivity index is 2.00. The van der Waals surface area contributed by atoms with Crippen LogP contribution in [-0.2, 0) is 19.2 Å². The Morgan fingerprint density at radius 2 is 2.36 bits per heavy atom. The van der Waals surface area contributed by atoms with E-state index in [1.54, 1.807) is 0 Å². The first-order valence-electron chi connectivity index (χ1n) is 6.32. The van der Waals surface area contributed by atoms with Gasteiger partial charge in [-0.25, -0.2) is 4.79 Å². The van der Waals surface area contributed by atoms with Crippen LogP contribution in [0.1, 0.15) is 0 Å². The van der Waals surface area contributed by atoms with E-state index in [0.717, 1.165) is 0 Å². The minimum Gasteiger partial charge on any atom is -0.477 e. The lowest BCUT2D eigenvalue weighted by molar-refractivity contribution is -0.149. The molecule has 1 fully saturated rings. The van der Waals surface area contributed by atoms with E-state index in [2.05, 4.69) is 31.2 Å². The number of Topliss-reactive ketones (excluding diaryl/α,β-unsaturated/α-hetero) is 1. The second-order valence-corrected chi connectivity index (χ2v) is 6.17. The van der Waals surface area contributed by atoms with Crippen molar-refractivity contribution in [2.24, 2.45) is 5.16 Å². The summed E-state index contributed by atoms with van der Waals surface area (Å²) in [5.74, 6) is -1.17. The van der Waals surface area contributed by atoms with Crippen LogP contribution in [0.4, 0.5) is 0 Å². The summed E-state index contributed by atoms with van der Waals surface area (Å²) in [6.45, 7) is 0.0751.